The third kappa shape index (κ3) is 4.32. The molecule has 0 saturated heterocycles. The molecule has 2 aromatic rings. The standard InChI is InChI=1S/C18H15F2NO2/c1-11-3-4-12(2)16(9-11)21-18(23)8-7-17(22)13-5-6-14(19)15(20)10-13/h3-10H,1-2H3,(H,21,23)/b8-7+. The molecule has 0 unspecified atom stereocenters. The van der Waals surface area contributed by atoms with Crippen molar-refractivity contribution in [2.45, 2.75) is 13.8 Å². The smallest absolute Gasteiger partial charge is 0.248 e. The van der Waals surface area contributed by atoms with Gasteiger partial charge in [-0.2, -0.15) is 0 Å². The van der Waals surface area contributed by atoms with Gasteiger partial charge in [0.1, 0.15) is 0 Å². The summed E-state index contributed by atoms with van der Waals surface area (Å²) in [7, 11) is 0. The van der Waals surface area contributed by atoms with E-state index in [0.29, 0.717) is 5.69 Å². The minimum Gasteiger partial charge on any atom is -0.322 e. The molecule has 0 saturated carbocycles. The number of nitrogens with one attached hydrogen (secondary N) is 1. The van der Waals surface area contributed by atoms with Gasteiger partial charge in [-0.3, -0.25) is 9.59 Å². The van der Waals surface area contributed by atoms with E-state index < -0.39 is 23.3 Å². The molecule has 0 radical (unpaired) electrons. The van der Waals surface area contributed by atoms with Gasteiger partial charge in [-0.1, -0.05) is 12.1 Å². The van der Waals surface area contributed by atoms with E-state index in [1.54, 1.807) is 0 Å². The van der Waals surface area contributed by atoms with Crippen LogP contribution in [0.2, 0.25) is 0 Å². The summed E-state index contributed by atoms with van der Waals surface area (Å²) in [6, 6.07) is 8.44. The molecule has 3 nitrogen and oxygen atoms in total. The number of halogens is 2. The fraction of sp³-hybridized carbons (Fsp3) is 0.111. The maximum atomic E-state index is 13.1. The van der Waals surface area contributed by atoms with Gasteiger partial charge < -0.3 is 5.32 Å². The van der Waals surface area contributed by atoms with Gasteiger partial charge in [0.25, 0.3) is 0 Å². The first-order valence-corrected chi connectivity index (χ1v) is 6.92. The lowest BCUT2D eigenvalue weighted by atomic mass is 10.1. The topological polar surface area (TPSA) is 46.2 Å². The molecule has 0 bridgehead atoms. The Bertz CT molecular complexity index is 798. The van der Waals surface area contributed by atoms with Crippen LogP contribution in [0.25, 0.3) is 0 Å². The zero-order chi connectivity index (χ0) is 17.0. The molecule has 118 valence electrons. The molecule has 1 N–H and O–H groups in total. The largest absolute Gasteiger partial charge is 0.322 e. The Kier molecular flexibility index (Phi) is 5.01. The number of hydrogen-bond acceptors (Lipinski definition) is 2. The Morgan fingerprint density at radius 1 is 0.957 bits per heavy atom. The van der Waals surface area contributed by atoms with Crippen molar-refractivity contribution in [3.05, 3.63) is 76.9 Å². The average molecular weight is 315 g/mol. The van der Waals surface area contributed by atoms with Crippen molar-refractivity contribution >= 4 is 17.4 Å². The highest BCUT2D eigenvalue weighted by Gasteiger charge is 2.08. The van der Waals surface area contributed by atoms with Gasteiger partial charge in [-0.05, 0) is 55.3 Å². The number of anilines is 1. The highest BCUT2D eigenvalue weighted by molar-refractivity contribution is 6.09. The van der Waals surface area contributed by atoms with Crippen LogP contribution in [0, 0.1) is 25.5 Å². The van der Waals surface area contributed by atoms with Gasteiger partial charge in [-0.15, -0.1) is 0 Å². The molecule has 23 heavy (non-hydrogen) atoms. The third-order valence-electron chi connectivity index (χ3n) is 3.24. The lowest BCUT2D eigenvalue weighted by Gasteiger charge is -2.07. The van der Waals surface area contributed by atoms with Crippen LogP contribution in [0.5, 0.6) is 0 Å². The van der Waals surface area contributed by atoms with Gasteiger partial charge >= 0.3 is 0 Å². The monoisotopic (exact) mass is 315 g/mol. The number of ketones is 1. The normalized spacial score (nSPS) is 10.8. The van der Waals surface area contributed by atoms with Gasteiger partial charge in [0, 0.05) is 17.3 Å². The molecule has 0 fully saturated rings. The first-order chi connectivity index (χ1) is 10.9. The Labute approximate surface area is 132 Å². The second-order valence-electron chi connectivity index (χ2n) is 5.13. The van der Waals surface area contributed by atoms with Crippen molar-refractivity contribution in [1.82, 2.24) is 0 Å². The van der Waals surface area contributed by atoms with Gasteiger partial charge in [0.05, 0.1) is 0 Å². The zero-order valence-corrected chi connectivity index (χ0v) is 12.7. The van der Waals surface area contributed by atoms with Gasteiger partial charge in [-0.25, -0.2) is 8.78 Å². The van der Waals surface area contributed by atoms with Crippen LogP contribution in [0.15, 0.2) is 48.6 Å². The van der Waals surface area contributed by atoms with Crippen LogP contribution in [0.4, 0.5) is 14.5 Å². The first kappa shape index (κ1) is 16.5. The van der Waals surface area contributed by atoms with Crippen molar-refractivity contribution < 1.29 is 18.4 Å². The Morgan fingerprint density at radius 3 is 2.39 bits per heavy atom. The highest BCUT2D eigenvalue weighted by atomic mass is 19.2. The van der Waals surface area contributed by atoms with Gasteiger partial charge in [0.15, 0.2) is 17.4 Å². The van der Waals surface area contributed by atoms with Crippen LogP contribution in [0.1, 0.15) is 21.5 Å². The molecule has 0 aromatic heterocycles. The van der Waals surface area contributed by atoms with Crippen LogP contribution in [0.3, 0.4) is 0 Å². The summed E-state index contributed by atoms with van der Waals surface area (Å²) >= 11 is 0. The molecule has 0 spiro atoms. The van der Waals surface area contributed by atoms with E-state index in [9.17, 15) is 18.4 Å². The van der Waals surface area contributed by atoms with E-state index in [-0.39, 0.29) is 5.56 Å². The fourth-order valence-corrected chi connectivity index (χ4v) is 1.94. The lowest BCUT2D eigenvalue weighted by molar-refractivity contribution is -0.111. The minimum absolute atomic E-state index is 0.0281. The highest BCUT2D eigenvalue weighted by Crippen LogP contribution is 2.16. The molecule has 0 aliphatic carbocycles. The van der Waals surface area contributed by atoms with Crippen LogP contribution >= 0.6 is 0 Å². The van der Waals surface area contributed by atoms with Crippen LogP contribution in [-0.2, 0) is 4.79 Å². The van der Waals surface area contributed by atoms with Crippen LogP contribution in [-0.4, -0.2) is 11.7 Å². The maximum Gasteiger partial charge on any atom is 0.248 e. The summed E-state index contributed by atoms with van der Waals surface area (Å²) in [5.74, 6) is -3.20. The fourth-order valence-electron chi connectivity index (χ4n) is 1.94. The number of benzene rings is 2. The molecule has 1 amide bonds. The van der Waals surface area contributed by atoms with E-state index in [1.165, 1.54) is 0 Å². The lowest BCUT2D eigenvalue weighted by Crippen LogP contribution is -2.10. The van der Waals surface area contributed by atoms with E-state index in [1.807, 2.05) is 32.0 Å². The maximum absolute atomic E-state index is 13.1. The number of carbonyl (C=O) groups is 2. The molecule has 2 rings (SSSR count). The van der Waals surface area contributed by atoms with Crippen molar-refractivity contribution in [2.75, 3.05) is 5.32 Å². The van der Waals surface area contributed by atoms with E-state index >= 15 is 0 Å². The number of amides is 1. The van der Waals surface area contributed by atoms with E-state index in [4.69, 9.17) is 0 Å². The zero-order valence-electron chi connectivity index (χ0n) is 12.7. The summed E-state index contributed by atoms with van der Waals surface area (Å²) in [5, 5.41) is 2.67. The number of carbonyl (C=O) groups excluding carboxylic acids is 2. The molecule has 0 aliphatic heterocycles. The third-order valence-corrected chi connectivity index (χ3v) is 3.24. The molecule has 0 aliphatic rings. The molecular weight excluding hydrogens is 300 g/mol. The minimum atomic E-state index is -1.11. The second kappa shape index (κ2) is 6.96. The number of hydrogen-bond donors (Lipinski definition) is 1. The molecule has 2 aromatic carbocycles. The predicted octanol–water partition coefficient (Wildman–Crippen LogP) is 3.96. The summed E-state index contributed by atoms with van der Waals surface area (Å²) in [5.41, 5.74) is 2.51. The molecule has 5 heteroatoms. The van der Waals surface area contributed by atoms with Crippen LogP contribution < -0.4 is 5.32 Å². The van der Waals surface area contributed by atoms with Gasteiger partial charge in [0.2, 0.25) is 5.91 Å². The Balaban J connectivity index is 2.07. The first-order valence-electron chi connectivity index (χ1n) is 6.92. The van der Waals surface area contributed by atoms with Crippen molar-refractivity contribution in [3.63, 3.8) is 0 Å². The second-order valence-corrected chi connectivity index (χ2v) is 5.13. The van der Waals surface area contributed by atoms with Crippen molar-refractivity contribution in [1.29, 1.82) is 0 Å². The quantitative estimate of drug-likeness (QED) is 0.686. The molecule has 0 heterocycles. The number of aryl methyl sites for hydroxylation is 2. The predicted molar refractivity (Wildman–Crippen MR) is 84.4 cm³/mol. The van der Waals surface area contributed by atoms with E-state index in [0.717, 1.165) is 41.5 Å². The Morgan fingerprint density at radius 2 is 1.70 bits per heavy atom. The van der Waals surface area contributed by atoms with Crippen molar-refractivity contribution in [2.24, 2.45) is 0 Å². The summed E-state index contributed by atoms with van der Waals surface area (Å²) in [4.78, 5) is 23.7. The Hall–Kier alpha value is -2.82. The van der Waals surface area contributed by atoms with Crippen molar-refractivity contribution in [3.8, 4) is 0 Å². The molecule has 0 atom stereocenters. The number of allylic oxidation sites excluding steroid dienone is 1. The summed E-state index contributed by atoms with van der Waals surface area (Å²) < 4.78 is 25.9. The van der Waals surface area contributed by atoms with E-state index in [2.05, 4.69) is 5.32 Å². The average Bonchev–Trinajstić information content (AvgIpc) is 2.51. The SMILES string of the molecule is Cc1ccc(C)c(NC(=O)/C=C/C(=O)c2ccc(F)c(F)c2)c1. The molecular formula is C18H15F2NO2. The summed E-state index contributed by atoms with van der Waals surface area (Å²) in [6.07, 6.45) is 2.08. The summed E-state index contributed by atoms with van der Waals surface area (Å²) in [6.45, 7) is 3.75. The number of rotatable bonds is 4.